The van der Waals surface area contributed by atoms with Crippen molar-refractivity contribution in [2.75, 3.05) is 0 Å². The number of nitrogens with two attached hydrogens (primary N) is 1. The molecule has 0 aromatic carbocycles. The summed E-state index contributed by atoms with van der Waals surface area (Å²) < 4.78 is 0. The van der Waals surface area contributed by atoms with Gasteiger partial charge in [0.15, 0.2) is 5.78 Å². The minimum atomic E-state index is -0.0816. The maximum atomic E-state index is 12.4. The summed E-state index contributed by atoms with van der Waals surface area (Å²) in [6.45, 7) is 6.43. The molecule has 2 N–H and O–H groups in total. The van der Waals surface area contributed by atoms with Crippen LogP contribution in [0, 0.1) is 17.8 Å². The Hall–Kier alpha value is -0.740. The Morgan fingerprint density at radius 1 is 1.44 bits per heavy atom. The lowest BCUT2D eigenvalue weighted by Crippen LogP contribution is -2.26. The van der Waals surface area contributed by atoms with Gasteiger partial charge in [0.1, 0.15) is 10.7 Å². The average molecular weight is 266 g/mol. The molecule has 1 fully saturated rings. The van der Waals surface area contributed by atoms with Gasteiger partial charge < -0.3 is 5.73 Å². The zero-order valence-electron chi connectivity index (χ0n) is 11.3. The number of carbonyl (C=O) groups is 1. The fourth-order valence-corrected chi connectivity index (χ4v) is 3.37. The van der Waals surface area contributed by atoms with E-state index in [1.54, 1.807) is 0 Å². The quantitative estimate of drug-likeness (QED) is 0.853. The fraction of sp³-hybridized carbons (Fsp3) is 0.714. The number of thiazole rings is 1. The fourth-order valence-electron chi connectivity index (χ4n) is 2.60. The third-order valence-electron chi connectivity index (χ3n) is 4.13. The van der Waals surface area contributed by atoms with Crippen molar-refractivity contribution in [3.63, 3.8) is 0 Å². The number of Topliss-reactive ketones (excluding diaryl/α,β-unsaturated/α-hetero) is 1. The second-order valence-corrected chi connectivity index (χ2v) is 6.58. The van der Waals surface area contributed by atoms with E-state index in [1.165, 1.54) is 11.3 Å². The molecular formula is C14H22N2OS. The van der Waals surface area contributed by atoms with E-state index in [4.69, 9.17) is 5.73 Å². The first kappa shape index (κ1) is 13.7. The Labute approximate surface area is 113 Å². The largest absolute Gasteiger partial charge is 0.322 e. The summed E-state index contributed by atoms with van der Waals surface area (Å²) >= 11 is 1.49. The van der Waals surface area contributed by atoms with Crippen LogP contribution in [0.5, 0.6) is 0 Å². The first-order valence-electron chi connectivity index (χ1n) is 6.74. The van der Waals surface area contributed by atoms with Crippen molar-refractivity contribution in [1.29, 1.82) is 0 Å². The monoisotopic (exact) mass is 266 g/mol. The summed E-state index contributed by atoms with van der Waals surface area (Å²) in [5, 5.41) is 2.72. The van der Waals surface area contributed by atoms with E-state index in [0.29, 0.717) is 11.6 Å². The number of carbonyl (C=O) groups excluding carboxylic acids is 1. The minimum absolute atomic E-state index is 0.0816. The van der Waals surface area contributed by atoms with Gasteiger partial charge in [-0.2, -0.15) is 0 Å². The SMILES string of the molecule is CC(N)c1nc(C(=O)C2CCC(C)C(C)C2)cs1. The maximum Gasteiger partial charge on any atom is 0.185 e. The second kappa shape index (κ2) is 5.49. The topological polar surface area (TPSA) is 56.0 Å². The second-order valence-electron chi connectivity index (χ2n) is 5.69. The summed E-state index contributed by atoms with van der Waals surface area (Å²) in [4.78, 5) is 16.8. The molecule has 4 heteroatoms. The zero-order valence-corrected chi connectivity index (χ0v) is 12.2. The summed E-state index contributed by atoms with van der Waals surface area (Å²) in [5.74, 6) is 1.76. The first-order valence-corrected chi connectivity index (χ1v) is 7.62. The summed E-state index contributed by atoms with van der Waals surface area (Å²) in [6.07, 6.45) is 3.17. The summed E-state index contributed by atoms with van der Waals surface area (Å²) in [5.41, 5.74) is 6.41. The van der Waals surface area contributed by atoms with Gasteiger partial charge in [0, 0.05) is 11.3 Å². The molecule has 0 bridgehead atoms. The van der Waals surface area contributed by atoms with Crippen molar-refractivity contribution in [2.45, 2.75) is 46.1 Å². The molecule has 0 radical (unpaired) electrons. The number of rotatable bonds is 3. The van der Waals surface area contributed by atoms with Crippen LogP contribution < -0.4 is 5.73 Å². The molecule has 0 spiro atoms. The molecule has 1 heterocycles. The minimum Gasteiger partial charge on any atom is -0.322 e. The highest BCUT2D eigenvalue weighted by Crippen LogP contribution is 2.35. The van der Waals surface area contributed by atoms with Crippen LogP contribution in [0.2, 0.25) is 0 Å². The van der Waals surface area contributed by atoms with Crippen LogP contribution in [0.4, 0.5) is 0 Å². The normalized spacial score (nSPS) is 30.1. The molecule has 0 saturated heterocycles. The van der Waals surface area contributed by atoms with Crippen molar-refractivity contribution in [3.05, 3.63) is 16.1 Å². The highest BCUT2D eigenvalue weighted by molar-refractivity contribution is 7.09. The van der Waals surface area contributed by atoms with E-state index in [1.807, 2.05) is 12.3 Å². The number of aromatic nitrogens is 1. The van der Waals surface area contributed by atoms with Gasteiger partial charge in [-0.05, 0) is 38.0 Å². The molecule has 4 unspecified atom stereocenters. The first-order chi connectivity index (χ1) is 8.49. The standard InChI is InChI=1S/C14H22N2OS/c1-8-4-5-11(6-9(8)2)13(17)12-7-18-14(16-12)10(3)15/h7-11H,4-6,15H2,1-3H3. The lowest BCUT2D eigenvalue weighted by Gasteiger charge is -2.30. The molecule has 0 amide bonds. The smallest absolute Gasteiger partial charge is 0.185 e. The van der Waals surface area contributed by atoms with Crippen LogP contribution in [0.25, 0.3) is 0 Å². The van der Waals surface area contributed by atoms with Crippen LogP contribution in [-0.2, 0) is 0 Å². The van der Waals surface area contributed by atoms with Crippen molar-refractivity contribution >= 4 is 17.1 Å². The Kier molecular flexibility index (Phi) is 4.17. The molecular weight excluding hydrogens is 244 g/mol. The summed E-state index contributed by atoms with van der Waals surface area (Å²) in [6, 6.07) is -0.0816. The Bertz CT molecular complexity index is 427. The molecule has 2 rings (SSSR count). The number of nitrogens with zero attached hydrogens (tertiary/aromatic N) is 1. The molecule has 1 aromatic heterocycles. The van der Waals surface area contributed by atoms with Gasteiger partial charge in [-0.1, -0.05) is 13.8 Å². The Morgan fingerprint density at radius 3 is 2.72 bits per heavy atom. The molecule has 1 aliphatic rings. The lowest BCUT2D eigenvalue weighted by molar-refractivity contribution is 0.0833. The molecule has 3 nitrogen and oxygen atoms in total. The van der Waals surface area contributed by atoms with Gasteiger partial charge in [-0.25, -0.2) is 4.98 Å². The third-order valence-corrected chi connectivity index (χ3v) is 5.18. The Morgan fingerprint density at radius 2 is 2.17 bits per heavy atom. The van der Waals surface area contributed by atoms with Gasteiger partial charge in [-0.15, -0.1) is 11.3 Å². The zero-order chi connectivity index (χ0) is 13.3. The third kappa shape index (κ3) is 2.81. The molecule has 0 aliphatic heterocycles. The van der Waals surface area contributed by atoms with E-state index in [2.05, 4.69) is 18.8 Å². The maximum absolute atomic E-state index is 12.4. The van der Waals surface area contributed by atoms with Crippen LogP contribution in [-0.4, -0.2) is 10.8 Å². The van der Waals surface area contributed by atoms with Gasteiger partial charge in [0.25, 0.3) is 0 Å². The van der Waals surface area contributed by atoms with Crippen molar-refractivity contribution in [3.8, 4) is 0 Å². The molecule has 4 atom stereocenters. The highest BCUT2D eigenvalue weighted by atomic mass is 32.1. The van der Waals surface area contributed by atoms with E-state index in [0.717, 1.165) is 30.2 Å². The predicted octanol–water partition coefficient (Wildman–Crippen LogP) is 3.42. The van der Waals surface area contributed by atoms with Gasteiger partial charge in [0.2, 0.25) is 0 Å². The predicted molar refractivity (Wildman–Crippen MR) is 74.7 cm³/mol. The molecule has 100 valence electrons. The van der Waals surface area contributed by atoms with E-state index in [9.17, 15) is 4.79 Å². The van der Waals surface area contributed by atoms with Crippen molar-refractivity contribution in [1.82, 2.24) is 4.98 Å². The van der Waals surface area contributed by atoms with Crippen LogP contribution in [0.15, 0.2) is 5.38 Å². The van der Waals surface area contributed by atoms with Gasteiger partial charge in [0.05, 0.1) is 6.04 Å². The molecule has 1 saturated carbocycles. The Balaban J connectivity index is 2.06. The highest BCUT2D eigenvalue weighted by Gasteiger charge is 2.30. The molecule has 1 aliphatic carbocycles. The van der Waals surface area contributed by atoms with E-state index in [-0.39, 0.29) is 17.7 Å². The molecule has 1 aromatic rings. The van der Waals surface area contributed by atoms with E-state index < -0.39 is 0 Å². The van der Waals surface area contributed by atoms with Crippen LogP contribution in [0.1, 0.15) is 61.6 Å². The van der Waals surface area contributed by atoms with E-state index >= 15 is 0 Å². The molecule has 18 heavy (non-hydrogen) atoms. The number of ketones is 1. The number of hydrogen-bond donors (Lipinski definition) is 1. The van der Waals surface area contributed by atoms with Gasteiger partial charge >= 0.3 is 0 Å². The van der Waals surface area contributed by atoms with Crippen LogP contribution in [0.3, 0.4) is 0 Å². The summed E-state index contributed by atoms with van der Waals surface area (Å²) in [7, 11) is 0. The number of hydrogen-bond acceptors (Lipinski definition) is 4. The van der Waals surface area contributed by atoms with Crippen molar-refractivity contribution in [2.24, 2.45) is 23.5 Å². The lowest BCUT2D eigenvalue weighted by atomic mass is 9.74. The van der Waals surface area contributed by atoms with Crippen molar-refractivity contribution < 1.29 is 4.79 Å². The average Bonchev–Trinajstić information content (AvgIpc) is 2.81. The van der Waals surface area contributed by atoms with Gasteiger partial charge in [-0.3, -0.25) is 4.79 Å². The van der Waals surface area contributed by atoms with Crippen LogP contribution >= 0.6 is 11.3 Å².